The van der Waals surface area contributed by atoms with Crippen molar-refractivity contribution in [3.63, 3.8) is 0 Å². The molecule has 9 heteroatoms. The second-order valence-electron chi connectivity index (χ2n) is 7.98. The Balaban J connectivity index is 1.69. The molecule has 1 aromatic rings. The summed E-state index contributed by atoms with van der Waals surface area (Å²) in [5.74, 6) is 0.554. The molecule has 1 saturated carbocycles. The fraction of sp³-hybridized carbons (Fsp3) is 0.700. The molecule has 0 bridgehead atoms. The van der Waals surface area contributed by atoms with E-state index in [2.05, 4.69) is 16.0 Å². The van der Waals surface area contributed by atoms with E-state index in [4.69, 9.17) is 0 Å². The molecule has 1 aromatic heterocycles. The van der Waals surface area contributed by atoms with Crippen LogP contribution in [0.15, 0.2) is 0 Å². The van der Waals surface area contributed by atoms with Crippen LogP contribution in [0.5, 0.6) is 0 Å². The number of aromatic nitrogens is 1. The van der Waals surface area contributed by atoms with Crippen LogP contribution in [0.25, 0.3) is 0 Å². The van der Waals surface area contributed by atoms with Crippen LogP contribution >= 0.6 is 0 Å². The third-order valence-electron chi connectivity index (χ3n) is 6.27. The van der Waals surface area contributed by atoms with E-state index in [0.717, 1.165) is 24.1 Å². The Morgan fingerprint density at radius 2 is 1.79 bits per heavy atom. The van der Waals surface area contributed by atoms with Gasteiger partial charge in [0.1, 0.15) is 11.9 Å². The number of nitriles is 1. The Morgan fingerprint density at radius 3 is 2.34 bits per heavy atom. The summed E-state index contributed by atoms with van der Waals surface area (Å²) in [4.78, 5) is 14.7. The second kappa shape index (κ2) is 8.86. The maximum atomic E-state index is 12.8. The minimum absolute atomic E-state index is 0.0985. The SMILES string of the molecule is CCS(=O)(=O)N1CCN(CC(=O)Nc2c(C#N)c(C)c(C)n2C2CCCC2)CC1. The number of nitrogens with one attached hydrogen (secondary N) is 1. The first kappa shape index (κ1) is 21.8. The standard InChI is InChI=1S/C20H31N5O3S/c1-4-29(27,28)24-11-9-23(10-12-24)14-19(26)22-20-18(13-21)15(2)16(3)25(20)17-7-5-6-8-17/h17H,4-12,14H2,1-3H3,(H,22,26). The first-order valence-corrected chi connectivity index (χ1v) is 12.0. The predicted octanol–water partition coefficient (Wildman–Crippen LogP) is 2.00. The van der Waals surface area contributed by atoms with Gasteiger partial charge in [-0.05, 0) is 39.2 Å². The molecule has 2 aliphatic rings. The fourth-order valence-electron chi connectivity index (χ4n) is 4.43. The van der Waals surface area contributed by atoms with Crippen molar-refractivity contribution in [1.29, 1.82) is 5.26 Å². The van der Waals surface area contributed by atoms with Crippen molar-refractivity contribution < 1.29 is 13.2 Å². The van der Waals surface area contributed by atoms with Gasteiger partial charge in [0.2, 0.25) is 15.9 Å². The highest BCUT2D eigenvalue weighted by Gasteiger charge is 2.29. The van der Waals surface area contributed by atoms with Crippen molar-refractivity contribution in [2.75, 3.05) is 43.8 Å². The molecule has 8 nitrogen and oxygen atoms in total. The maximum Gasteiger partial charge on any atom is 0.239 e. The van der Waals surface area contributed by atoms with E-state index in [0.29, 0.717) is 43.6 Å². The number of anilines is 1. The fourth-order valence-corrected chi connectivity index (χ4v) is 5.51. The molecule has 2 fully saturated rings. The number of carbonyl (C=O) groups is 1. The minimum Gasteiger partial charge on any atom is -0.327 e. The van der Waals surface area contributed by atoms with E-state index in [1.807, 2.05) is 18.7 Å². The van der Waals surface area contributed by atoms with Gasteiger partial charge in [-0.1, -0.05) is 12.8 Å². The van der Waals surface area contributed by atoms with Crippen molar-refractivity contribution in [2.24, 2.45) is 0 Å². The molecular formula is C20H31N5O3S. The van der Waals surface area contributed by atoms with E-state index in [1.165, 1.54) is 17.1 Å². The summed E-state index contributed by atoms with van der Waals surface area (Å²) < 4.78 is 27.6. The summed E-state index contributed by atoms with van der Waals surface area (Å²) in [5.41, 5.74) is 2.51. The summed E-state index contributed by atoms with van der Waals surface area (Å²) in [5, 5.41) is 12.7. The molecule has 29 heavy (non-hydrogen) atoms. The van der Waals surface area contributed by atoms with E-state index in [1.54, 1.807) is 6.92 Å². The van der Waals surface area contributed by atoms with Crippen LogP contribution in [0, 0.1) is 25.2 Å². The van der Waals surface area contributed by atoms with Gasteiger partial charge in [0.05, 0.1) is 17.9 Å². The number of rotatable bonds is 6. The molecule has 2 heterocycles. The molecule has 1 amide bonds. The van der Waals surface area contributed by atoms with Gasteiger partial charge in [0.15, 0.2) is 0 Å². The zero-order valence-electron chi connectivity index (χ0n) is 17.6. The van der Waals surface area contributed by atoms with Gasteiger partial charge < -0.3 is 9.88 Å². The summed E-state index contributed by atoms with van der Waals surface area (Å²) in [6.07, 6.45) is 4.47. The third-order valence-corrected chi connectivity index (χ3v) is 8.15. The number of hydrogen-bond donors (Lipinski definition) is 1. The Kier molecular flexibility index (Phi) is 6.66. The van der Waals surface area contributed by atoms with Crippen molar-refractivity contribution in [3.05, 3.63) is 16.8 Å². The maximum absolute atomic E-state index is 12.8. The topological polar surface area (TPSA) is 98.4 Å². The van der Waals surface area contributed by atoms with Crippen molar-refractivity contribution in [2.45, 2.75) is 52.5 Å². The van der Waals surface area contributed by atoms with Crippen LogP contribution in [0.3, 0.4) is 0 Å². The Morgan fingerprint density at radius 1 is 1.17 bits per heavy atom. The summed E-state index contributed by atoms with van der Waals surface area (Å²) in [6.45, 7) is 7.65. The van der Waals surface area contributed by atoms with Gasteiger partial charge >= 0.3 is 0 Å². The molecule has 1 saturated heterocycles. The molecule has 3 rings (SSSR count). The highest BCUT2D eigenvalue weighted by molar-refractivity contribution is 7.89. The molecule has 0 unspecified atom stereocenters. The van der Waals surface area contributed by atoms with E-state index in [9.17, 15) is 18.5 Å². The highest BCUT2D eigenvalue weighted by Crippen LogP contribution is 2.37. The largest absolute Gasteiger partial charge is 0.327 e. The summed E-state index contributed by atoms with van der Waals surface area (Å²) in [6, 6.07) is 2.59. The number of amides is 1. The smallest absolute Gasteiger partial charge is 0.239 e. The minimum atomic E-state index is -3.18. The average molecular weight is 422 g/mol. The molecule has 1 N–H and O–H groups in total. The molecule has 1 aliphatic carbocycles. The highest BCUT2D eigenvalue weighted by atomic mass is 32.2. The number of hydrogen-bond acceptors (Lipinski definition) is 5. The van der Waals surface area contributed by atoms with Crippen LogP contribution in [0.4, 0.5) is 5.82 Å². The number of sulfonamides is 1. The lowest BCUT2D eigenvalue weighted by Crippen LogP contribution is -2.50. The van der Waals surface area contributed by atoms with Crippen molar-refractivity contribution in [3.8, 4) is 6.07 Å². The molecule has 0 spiro atoms. The van der Waals surface area contributed by atoms with Crippen LogP contribution in [-0.2, 0) is 14.8 Å². The lowest BCUT2D eigenvalue weighted by Gasteiger charge is -2.33. The van der Waals surface area contributed by atoms with E-state index >= 15 is 0 Å². The summed E-state index contributed by atoms with van der Waals surface area (Å²) in [7, 11) is -3.18. The Hall–Kier alpha value is -1.89. The zero-order valence-corrected chi connectivity index (χ0v) is 18.4. The Bertz CT molecular complexity index is 902. The first-order chi connectivity index (χ1) is 13.8. The van der Waals surface area contributed by atoms with Gasteiger partial charge in [-0.25, -0.2) is 8.42 Å². The predicted molar refractivity (Wildman–Crippen MR) is 112 cm³/mol. The molecule has 0 aromatic carbocycles. The Labute approximate surface area is 173 Å². The zero-order chi connectivity index (χ0) is 21.2. The first-order valence-electron chi connectivity index (χ1n) is 10.4. The van der Waals surface area contributed by atoms with E-state index < -0.39 is 10.0 Å². The van der Waals surface area contributed by atoms with Crippen molar-refractivity contribution >= 4 is 21.7 Å². The quantitative estimate of drug-likeness (QED) is 0.757. The molecule has 0 radical (unpaired) electrons. The average Bonchev–Trinajstić information content (AvgIpc) is 3.29. The van der Waals surface area contributed by atoms with Crippen LogP contribution in [-0.4, -0.2) is 66.6 Å². The van der Waals surface area contributed by atoms with Gasteiger partial charge in [-0.3, -0.25) is 9.69 Å². The second-order valence-corrected chi connectivity index (χ2v) is 10.2. The molecular weight excluding hydrogens is 390 g/mol. The van der Waals surface area contributed by atoms with Gasteiger partial charge in [-0.15, -0.1) is 0 Å². The molecule has 0 atom stereocenters. The normalized spacial score (nSPS) is 19.4. The van der Waals surface area contributed by atoms with Crippen LogP contribution in [0.2, 0.25) is 0 Å². The summed E-state index contributed by atoms with van der Waals surface area (Å²) >= 11 is 0. The van der Waals surface area contributed by atoms with Crippen molar-refractivity contribution in [1.82, 2.24) is 13.8 Å². The lowest BCUT2D eigenvalue weighted by atomic mass is 10.2. The number of carbonyl (C=O) groups excluding carboxylic acids is 1. The number of piperazine rings is 1. The van der Waals surface area contributed by atoms with Gasteiger partial charge in [0, 0.05) is 37.9 Å². The van der Waals surface area contributed by atoms with Gasteiger partial charge in [-0.2, -0.15) is 9.57 Å². The monoisotopic (exact) mass is 421 g/mol. The molecule has 1 aliphatic heterocycles. The van der Waals surface area contributed by atoms with E-state index in [-0.39, 0.29) is 18.2 Å². The molecule has 160 valence electrons. The van der Waals surface area contributed by atoms with Crippen LogP contribution < -0.4 is 5.32 Å². The third kappa shape index (κ3) is 4.49. The lowest BCUT2D eigenvalue weighted by molar-refractivity contribution is -0.117. The van der Waals surface area contributed by atoms with Crippen LogP contribution in [0.1, 0.15) is 55.5 Å². The number of nitrogens with zero attached hydrogens (tertiary/aromatic N) is 4. The van der Waals surface area contributed by atoms with Gasteiger partial charge in [0.25, 0.3) is 0 Å².